The monoisotopic (exact) mass is 365 g/mol. The Morgan fingerprint density at radius 2 is 1.95 bits per heavy atom. The average molecular weight is 366 g/mol. The van der Waals surface area contributed by atoms with E-state index in [1.54, 1.807) is 23.9 Å². The summed E-state index contributed by atoms with van der Waals surface area (Å²) in [6, 6.07) is 9.82. The van der Waals surface area contributed by atoms with Crippen LogP contribution in [0.2, 0.25) is 0 Å². The summed E-state index contributed by atoms with van der Waals surface area (Å²) < 4.78 is 15.1. The van der Waals surface area contributed by atoms with Gasteiger partial charge >= 0.3 is 0 Å². The predicted octanol–water partition coefficient (Wildman–Crippen LogP) is 5.85. The minimum atomic E-state index is -0.104. The Labute approximate surface area is 137 Å². The molecule has 1 aliphatic heterocycles. The van der Waals surface area contributed by atoms with E-state index in [1.807, 2.05) is 6.07 Å². The summed E-state index contributed by atoms with van der Waals surface area (Å²) in [5, 5.41) is 3.57. The van der Waals surface area contributed by atoms with E-state index in [1.165, 1.54) is 11.1 Å². The van der Waals surface area contributed by atoms with Gasteiger partial charge in [-0.1, -0.05) is 28.1 Å². The van der Waals surface area contributed by atoms with E-state index in [2.05, 4.69) is 47.2 Å². The van der Waals surface area contributed by atoms with Crippen molar-refractivity contribution in [3.05, 3.63) is 57.3 Å². The number of anilines is 1. The van der Waals surface area contributed by atoms with Gasteiger partial charge in [0.2, 0.25) is 0 Å². The third-order valence-corrected chi connectivity index (χ3v) is 6.21. The van der Waals surface area contributed by atoms with Crippen LogP contribution < -0.4 is 5.32 Å². The second kappa shape index (κ2) is 6.01. The molecule has 0 aromatic heterocycles. The molecule has 1 N–H and O–H groups in total. The second-order valence-electron chi connectivity index (χ2n) is 5.42. The summed E-state index contributed by atoms with van der Waals surface area (Å²) >= 11 is 5.21. The standard InChI is InChI=1S/C17H17BrFNS/c1-10-8-12(9-11(2)16(10)18)20-15-6-7-21-17-13(15)4-3-5-14(17)19/h3-5,8-9,15,20H,6-7H2,1-2H3. The molecule has 2 aromatic carbocycles. The Morgan fingerprint density at radius 1 is 1.24 bits per heavy atom. The molecular weight excluding hydrogens is 349 g/mol. The number of halogens is 2. The van der Waals surface area contributed by atoms with Crippen molar-refractivity contribution in [1.29, 1.82) is 0 Å². The largest absolute Gasteiger partial charge is 0.378 e. The molecule has 21 heavy (non-hydrogen) atoms. The van der Waals surface area contributed by atoms with Gasteiger partial charge in [0, 0.05) is 20.8 Å². The second-order valence-corrected chi connectivity index (χ2v) is 7.31. The molecule has 1 unspecified atom stereocenters. The summed E-state index contributed by atoms with van der Waals surface area (Å²) in [6.07, 6.45) is 1.01. The molecule has 1 aliphatic rings. The maximum atomic E-state index is 13.9. The molecule has 0 radical (unpaired) electrons. The summed E-state index contributed by atoms with van der Waals surface area (Å²) in [5.41, 5.74) is 4.59. The number of nitrogens with one attached hydrogen (secondary N) is 1. The number of hydrogen-bond donors (Lipinski definition) is 1. The molecule has 0 saturated carbocycles. The lowest BCUT2D eigenvalue weighted by atomic mass is 10.0. The number of hydrogen-bond acceptors (Lipinski definition) is 2. The Balaban J connectivity index is 1.92. The number of aryl methyl sites for hydroxylation is 2. The third kappa shape index (κ3) is 2.97. The fourth-order valence-corrected chi connectivity index (χ4v) is 4.14. The Hall–Kier alpha value is -1.00. The summed E-state index contributed by atoms with van der Waals surface area (Å²) in [6.45, 7) is 4.18. The lowest BCUT2D eigenvalue weighted by Crippen LogP contribution is -2.17. The number of rotatable bonds is 2. The van der Waals surface area contributed by atoms with E-state index in [0.29, 0.717) is 0 Å². The van der Waals surface area contributed by atoms with Crippen molar-refractivity contribution in [2.75, 3.05) is 11.1 Å². The van der Waals surface area contributed by atoms with Gasteiger partial charge in [-0.05, 0) is 55.2 Å². The Morgan fingerprint density at radius 3 is 2.67 bits per heavy atom. The highest BCUT2D eigenvalue weighted by atomic mass is 79.9. The molecule has 1 heterocycles. The lowest BCUT2D eigenvalue weighted by Gasteiger charge is -2.27. The zero-order valence-electron chi connectivity index (χ0n) is 12.0. The highest BCUT2D eigenvalue weighted by Crippen LogP contribution is 2.39. The van der Waals surface area contributed by atoms with E-state index < -0.39 is 0 Å². The molecule has 0 saturated heterocycles. The minimum absolute atomic E-state index is 0.104. The molecule has 110 valence electrons. The highest BCUT2D eigenvalue weighted by Gasteiger charge is 2.23. The van der Waals surface area contributed by atoms with Gasteiger partial charge in [-0.2, -0.15) is 0 Å². The Bertz CT molecular complexity index is 663. The van der Waals surface area contributed by atoms with Gasteiger partial charge < -0.3 is 5.32 Å². The predicted molar refractivity (Wildman–Crippen MR) is 91.7 cm³/mol. The zero-order valence-corrected chi connectivity index (χ0v) is 14.4. The molecule has 0 fully saturated rings. The SMILES string of the molecule is Cc1cc(NC2CCSc3c(F)cccc32)cc(C)c1Br. The van der Waals surface area contributed by atoms with E-state index in [9.17, 15) is 4.39 Å². The van der Waals surface area contributed by atoms with Gasteiger partial charge in [-0.25, -0.2) is 4.39 Å². The first-order valence-corrected chi connectivity index (χ1v) is 8.78. The van der Waals surface area contributed by atoms with E-state index >= 15 is 0 Å². The molecular formula is C17H17BrFNS. The van der Waals surface area contributed by atoms with Crippen LogP contribution in [-0.2, 0) is 0 Å². The molecule has 1 atom stereocenters. The maximum Gasteiger partial charge on any atom is 0.137 e. The quantitative estimate of drug-likeness (QED) is 0.715. The maximum absolute atomic E-state index is 13.9. The van der Waals surface area contributed by atoms with Crippen LogP contribution in [0.25, 0.3) is 0 Å². The molecule has 2 aromatic rings. The van der Waals surface area contributed by atoms with Gasteiger partial charge in [0.15, 0.2) is 0 Å². The zero-order chi connectivity index (χ0) is 15.0. The average Bonchev–Trinajstić information content (AvgIpc) is 2.46. The number of thioether (sulfide) groups is 1. The van der Waals surface area contributed by atoms with Crippen LogP contribution in [-0.4, -0.2) is 5.75 Å². The van der Waals surface area contributed by atoms with E-state index in [4.69, 9.17) is 0 Å². The minimum Gasteiger partial charge on any atom is -0.378 e. The molecule has 3 rings (SSSR count). The van der Waals surface area contributed by atoms with Crippen molar-refractivity contribution >= 4 is 33.4 Å². The number of benzene rings is 2. The molecule has 1 nitrogen and oxygen atoms in total. The normalized spacial score (nSPS) is 17.4. The fraction of sp³-hybridized carbons (Fsp3) is 0.294. The van der Waals surface area contributed by atoms with Gasteiger partial charge in [0.25, 0.3) is 0 Å². The molecule has 0 amide bonds. The first-order chi connectivity index (χ1) is 10.1. The van der Waals surface area contributed by atoms with Crippen molar-refractivity contribution < 1.29 is 4.39 Å². The lowest BCUT2D eigenvalue weighted by molar-refractivity contribution is 0.585. The summed E-state index contributed by atoms with van der Waals surface area (Å²) in [4.78, 5) is 0.798. The molecule has 0 bridgehead atoms. The van der Waals surface area contributed by atoms with Crippen LogP contribution in [0, 0.1) is 19.7 Å². The smallest absolute Gasteiger partial charge is 0.137 e. The van der Waals surface area contributed by atoms with Crippen molar-refractivity contribution in [2.24, 2.45) is 0 Å². The van der Waals surface area contributed by atoms with Crippen LogP contribution in [0.5, 0.6) is 0 Å². The highest BCUT2D eigenvalue weighted by molar-refractivity contribution is 9.10. The van der Waals surface area contributed by atoms with Crippen LogP contribution in [0.3, 0.4) is 0 Å². The molecule has 0 spiro atoms. The first-order valence-electron chi connectivity index (χ1n) is 7.01. The van der Waals surface area contributed by atoms with Gasteiger partial charge in [0.05, 0.1) is 6.04 Å². The van der Waals surface area contributed by atoms with E-state index in [-0.39, 0.29) is 11.9 Å². The van der Waals surface area contributed by atoms with Crippen molar-refractivity contribution in [3.8, 4) is 0 Å². The van der Waals surface area contributed by atoms with Gasteiger partial charge in [0.1, 0.15) is 5.82 Å². The number of fused-ring (bicyclic) bond motifs is 1. The summed E-state index contributed by atoms with van der Waals surface area (Å²) in [7, 11) is 0. The van der Waals surface area contributed by atoms with Crippen LogP contribution in [0.1, 0.15) is 29.2 Å². The van der Waals surface area contributed by atoms with Crippen LogP contribution in [0.15, 0.2) is 39.7 Å². The van der Waals surface area contributed by atoms with E-state index in [0.717, 1.165) is 32.8 Å². The molecule has 4 heteroatoms. The first kappa shape index (κ1) is 14.9. The topological polar surface area (TPSA) is 12.0 Å². The van der Waals surface area contributed by atoms with Crippen LogP contribution >= 0.6 is 27.7 Å². The van der Waals surface area contributed by atoms with Crippen LogP contribution in [0.4, 0.5) is 10.1 Å². The summed E-state index contributed by atoms with van der Waals surface area (Å²) in [5.74, 6) is 0.840. The molecule has 0 aliphatic carbocycles. The fourth-order valence-electron chi connectivity index (χ4n) is 2.77. The Kier molecular flexibility index (Phi) is 4.27. The van der Waals surface area contributed by atoms with Gasteiger partial charge in [-0.3, -0.25) is 0 Å². The van der Waals surface area contributed by atoms with Crippen molar-refractivity contribution in [1.82, 2.24) is 0 Å². The van der Waals surface area contributed by atoms with Crippen molar-refractivity contribution in [2.45, 2.75) is 31.2 Å². The van der Waals surface area contributed by atoms with Gasteiger partial charge in [-0.15, -0.1) is 11.8 Å². The van der Waals surface area contributed by atoms with Crippen molar-refractivity contribution in [3.63, 3.8) is 0 Å². The third-order valence-electron chi connectivity index (χ3n) is 3.80.